The predicted octanol–water partition coefficient (Wildman–Crippen LogP) is 13.7. The molecule has 0 N–H and O–H groups in total. The highest BCUT2D eigenvalue weighted by atomic mass is 14.3. The quantitative estimate of drug-likeness (QED) is 0.191. The van der Waals surface area contributed by atoms with Crippen molar-refractivity contribution in [2.45, 2.75) is 197 Å². The fourth-order valence-electron chi connectivity index (χ4n) is 6.50. The zero-order valence-electron chi connectivity index (χ0n) is 23.3. The Morgan fingerprint density at radius 2 is 0.824 bits per heavy atom. The molecule has 0 heteroatoms. The van der Waals surface area contributed by atoms with Gasteiger partial charge in [0.25, 0.3) is 0 Å². The first-order valence-corrected chi connectivity index (χ1v) is 15.7. The molecule has 0 aromatic rings. The molecule has 0 amide bonds. The van der Waals surface area contributed by atoms with Crippen LogP contribution in [0.25, 0.3) is 0 Å². The molecule has 2 aliphatic carbocycles. The molecule has 212 valence electrons. The minimum absolute atomic E-state index is 0. The van der Waals surface area contributed by atoms with E-state index in [2.05, 4.69) is 27.7 Å². The average molecular weight is 485 g/mol. The van der Waals surface area contributed by atoms with Gasteiger partial charge in [-0.1, -0.05) is 184 Å². The second-order valence-corrected chi connectivity index (χ2v) is 11.9. The van der Waals surface area contributed by atoms with Crippen LogP contribution in [0.1, 0.15) is 200 Å². The Kier molecular flexibility index (Phi) is 27.7. The largest absolute Gasteiger partial charge is 0.0776 e. The first kappa shape index (κ1) is 36.2. The maximum atomic E-state index is 2.44. The van der Waals surface area contributed by atoms with E-state index in [-0.39, 0.29) is 17.7 Å². The van der Waals surface area contributed by atoms with E-state index >= 15 is 0 Å². The lowest BCUT2D eigenvalue weighted by Gasteiger charge is -2.29. The highest BCUT2D eigenvalue weighted by Crippen LogP contribution is 2.35. The van der Waals surface area contributed by atoms with Crippen molar-refractivity contribution in [3.63, 3.8) is 0 Å². The molecule has 0 nitrogen and oxygen atoms in total. The summed E-state index contributed by atoms with van der Waals surface area (Å²) in [7, 11) is 0. The third kappa shape index (κ3) is 20.2. The van der Waals surface area contributed by atoms with Crippen molar-refractivity contribution in [1.82, 2.24) is 0 Å². The molecule has 0 aromatic heterocycles. The highest BCUT2D eigenvalue weighted by molar-refractivity contribution is 4.73. The molecule has 2 fully saturated rings. The van der Waals surface area contributed by atoms with E-state index in [0.29, 0.717) is 0 Å². The Morgan fingerprint density at radius 1 is 0.471 bits per heavy atom. The number of hydrogen-bond acceptors (Lipinski definition) is 0. The lowest BCUT2D eigenvalue weighted by molar-refractivity contribution is 0.235. The summed E-state index contributed by atoms with van der Waals surface area (Å²) in [5, 5.41) is 0. The van der Waals surface area contributed by atoms with Crippen LogP contribution in [0.15, 0.2) is 0 Å². The molecular weight excluding hydrogens is 408 g/mol. The van der Waals surface area contributed by atoms with E-state index in [1.807, 2.05) is 0 Å². The standard InChI is InChI=1S/2C16H32.2CH4.2H2/c1-3-4-5-6-7-8-9-12-16-13-10-11-15(2)14-16;1-3-5-7-10-15-12-9-13-16(14-15)11-8-6-4-2;;;;/h2*15-16H,3-14H2,1-2H3;2*1H4;2*1H. The number of unbranched alkanes of at least 4 members (excludes halogenated alkanes) is 10. The summed E-state index contributed by atoms with van der Waals surface area (Å²) in [6, 6.07) is 0. The van der Waals surface area contributed by atoms with Crippen LogP contribution < -0.4 is 0 Å². The van der Waals surface area contributed by atoms with E-state index in [1.165, 1.54) is 148 Å². The molecule has 2 rings (SSSR count). The van der Waals surface area contributed by atoms with Crippen LogP contribution in [0.3, 0.4) is 0 Å². The normalized spacial score (nSPS) is 24.4. The van der Waals surface area contributed by atoms with Crippen molar-refractivity contribution >= 4 is 0 Å². The van der Waals surface area contributed by atoms with E-state index in [9.17, 15) is 0 Å². The Morgan fingerprint density at radius 3 is 1.29 bits per heavy atom. The summed E-state index contributed by atoms with van der Waals surface area (Å²) >= 11 is 0. The van der Waals surface area contributed by atoms with Crippen molar-refractivity contribution in [3.8, 4) is 0 Å². The molecule has 2 saturated carbocycles. The Hall–Kier alpha value is 0. The van der Waals surface area contributed by atoms with Crippen LogP contribution >= 0.6 is 0 Å². The summed E-state index contributed by atoms with van der Waals surface area (Å²) in [6.45, 7) is 9.37. The summed E-state index contributed by atoms with van der Waals surface area (Å²) < 4.78 is 0. The predicted molar refractivity (Wildman–Crippen MR) is 165 cm³/mol. The van der Waals surface area contributed by atoms with Crippen molar-refractivity contribution in [2.75, 3.05) is 0 Å². The molecule has 34 heavy (non-hydrogen) atoms. The fraction of sp³-hybridized carbons (Fsp3) is 1.00. The molecule has 0 radical (unpaired) electrons. The minimum atomic E-state index is 0. The maximum absolute atomic E-state index is 2.44. The molecular formula is C34H76. The van der Waals surface area contributed by atoms with Gasteiger partial charge in [-0.05, 0) is 36.5 Å². The molecule has 0 heterocycles. The molecule has 0 saturated heterocycles. The van der Waals surface area contributed by atoms with E-state index in [4.69, 9.17) is 0 Å². The number of hydrogen-bond donors (Lipinski definition) is 0. The van der Waals surface area contributed by atoms with Crippen LogP contribution in [0.4, 0.5) is 0 Å². The zero-order valence-corrected chi connectivity index (χ0v) is 23.3. The maximum Gasteiger partial charge on any atom is 0 e. The third-order valence-electron chi connectivity index (χ3n) is 8.58. The number of rotatable bonds is 16. The molecule has 2 aliphatic rings. The lowest BCUT2D eigenvalue weighted by atomic mass is 9.77. The highest BCUT2D eigenvalue weighted by Gasteiger charge is 2.21. The van der Waals surface area contributed by atoms with Gasteiger partial charge in [0, 0.05) is 2.85 Å². The van der Waals surface area contributed by atoms with E-state index < -0.39 is 0 Å². The van der Waals surface area contributed by atoms with Crippen molar-refractivity contribution in [3.05, 3.63) is 0 Å². The van der Waals surface area contributed by atoms with Crippen LogP contribution in [-0.4, -0.2) is 0 Å². The van der Waals surface area contributed by atoms with Crippen molar-refractivity contribution in [1.29, 1.82) is 0 Å². The summed E-state index contributed by atoms with van der Waals surface area (Å²) in [5.41, 5.74) is 0. The Labute approximate surface area is 223 Å². The topological polar surface area (TPSA) is 0 Å². The second kappa shape index (κ2) is 26.1. The van der Waals surface area contributed by atoms with Gasteiger partial charge in [-0.2, -0.15) is 0 Å². The van der Waals surface area contributed by atoms with Gasteiger partial charge in [0.05, 0.1) is 0 Å². The molecule has 0 aromatic carbocycles. The third-order valence-corrected chi connectivity index (χ3v) is 8.58. The van der Waals surface area contributed by atoms with Gasteiger partial charge in [0.2, 0.25) is 0 Å². The van der Waals surface area contributed by atoms with Crippen LogP contribution in [0, 0.1) is 23.7 Å². The summed E-state index contributed by atoms with van der Waals surface area (Å²) in [4.78, 5) is 0. The second-order valence-electron chi connectivity index (χ2n) is 11.9. The molecule has 0 bridgehead atoms. The molecule has 0 spiro atoms. The first-order chi connectivity index (χ1) is 15.7. The molecule has 0 aliphatic heterocycles. The lowest BCUT2D eigenvalue weighted by Crippen LogP contribution is -2.15. The first-order valence-electron chi connectivity index (χ1n) is 15.7. The van der Waals surface area contributed by atoms with Gasteiger partial charge in [-0.15, -0.1) is 0 Å². The van der Waals surface area contributed by atoms with Gasteiger partial charge in [-0.25, -0.2) is 0 Å². The summed E-state index contributed by atoms with van der Waals surface area (Å²) in [5.74, 6) is 4.28. The van der Waals surface area contributed by atoms with Gasteiger partial charge < -0.3 is 0 Å². The van der Waals surface area contributed by atoms with Crippen LogP contribution in [0.2, 0.25) is 0 Å². The van der Waals surface area contributed by atoms with Crippen molar-refractivity contribution < 1.29 is 2.85 Å². The summed E-state index contributed by atoms with van der Waals surface area (Å²) in [6.07, 6.45) is 35.7. The smallest absolute Gasteiger partial charge is 0 e. The van der Waals surface area contributed by atoms with Gasteiger partial charge in [0.15, 0.2) is 0 Å². The Bertz CT molecular complexity index is 367. The average Bonchev–Trinajstić information content (AvgIpc) is 2.80. The Balaban J connectivity index is -0.000000256. The monoisotopic (exact) mass is 485 g/mol. The van der Waals surface area contributed by atoms with E-state index in [0.717, 1.165) is 23.7 Å². The zero-order chi connectivity index (χ0) is 23.3. The van der Waals surface area contributed by atoms with Crippen LogP contribution in [0.5, 0.6) is 0 Å². The van der Waals surface area contributed by atoms with Gasteiger partial charge in [-0.3, -0.25) is 0 Å². The SMILES string of the molecule is C.C.CCCCCC1CCCC(CCCCC)C1.CCCCCCCCCC1CCCC(C)C1.[HH].[HH]. The molecule has 4 unspecified atom stereocenters. The minimum Gasteiger partial charge on any atom is -0.0776 e. The van der Waals surface area contributed by atoms with E-state index in [1.54, 1.807) is 6.42 Å². The molecule has 4 atom stereocenters. The van der Waals surface area contributed by atoms with Crippen molar-refractivity contribution in [2.24, 2.45) is 23.7 Å². The van der Waals surface area contributed by atoms with Gasteiger partial charge >= 0.3 is 0 Å². The fourth-order valence-corrected chi connectivity index (χ4v) is 6.50. The van der Waals surface area contributed by atoms with Gasteiger partial charge in [0.1, 0.15) is 0 Å². The van der Waals surface area contributed by atoms with Crippen LogP contribution in [-0.2, 0) is 0 Å².